The van der Waals surface area contributed by atoms with Crippen LogP contribution in [0.4, 0.5) is 11.9 Å². The van der Waals surface area contributed by atoms with E-state index >= 15 is 0 Å². The minimum Gasteiger partial charge on any atom is -0.414 e. The molecule has 0 spiro atoms. The van der Waals surface area contributed by atoms with Crippen molar-refractivity contribution in [3.63, 3.8) is 0 Å². The van der Waals surface area contributed by atoms with Crippen LogP contribution in [0.5, 0.6) is 0 Å². The number of amides is 1. The fourth-order valence-electron chi connectivity index (χ4n) is 5.08. The fourth-order valence-corrected chi connectivity index (χ4v) is 7.45. The Morgan fingerprint density at radius 2 is 1.64 bits per heavy atom. The molecular formula is C32H52N6O5Si2. The van der Waals surface area contributed by atoms with Crippen molar-refractivity contribution in [2.45, 2.75) is 123 Å². The van der Waals surface area contributed by atoms with E-state index in [-0.39, 0.29) is 57.7 Å². The van der Waals surface area contributed by atoms with E-state index in [4.69, 9.17) is 19.3 Å². The first kappa shape index (κ1) is 35.0. The molecule has 4 N–H and O–H groups in total. The van der Waals surface area contributed by atoms with Gasteiger partial charge in [-0.25, -0.2) is 4.98 Å². The van der Waals surface area contributed by atoms with Gasteiger partial charge in [0.25, 0.3) is 5.56 Å². The summed E-state index contributed by atoms with van der Waals surface area (Å²) in [5.74, 6) is -0.150. The number of aromatic nitrogens is 4. The Morgan fingerprint density at radius 3 is 2.22 bits per heavy atom. The molecule has 2 aromatic heterocycles. The van der Waals surface area contributed by atoms with E-state index in [1.54, 1.807) is 4.57 Å². The number of hydrogen-bond acceptors (Lipinski definition) is 8. The maximum atomic E-state index is 13.4. The first-order valence-electron chi connectivity index (χ1n) is 15.7. The van der Waals surface area contributed by atoms with Crippen molar-refractivity contribution in [3.05, 3.63) is 45.2 Å². The highest BCUT2D eigenvalue weighted by atomic mass is 28.4. The topological polar surface area (TPSA) is 146 Å². The number of benzene rings is 1. The number of nitrogen functional groups attached to an aromatic ring is 1. The van der Waals surface area contributed by atoms with Crippen LogP contribution >= 0.6 is 0 Å². The number of imidazole rings is 1. The van der Waals surface area contributed by atoms with Crippen molar-refractivity contribution in [2.24, 2.45) is 0 Å². The Hall–Kier alpha value is -2.85. The van der Waals surface area contributed by atoms with Gasteiger partial charge in [-0.15, -0.1) is 0 Å². The van der Waals surface area contributed by atoms with Crippen molar-refractivity contribution in [3.8, 4) is 0 Å². The summed E-state index contributed by atoms with van der Waals surface area (Å²) < 4.78 is 22.0. The lowest BCUT2D eigenvalue weighted by atomic mass is 10.0. The molecule has 0 aliphatic carbocycles. The highest BCUT2D eigenvalue weighted by Crippen LogP contribution is 2.43. The van der Waals surface area contributed by atoms with E-state index in [0.717, 1.165) is 16.7 Å². The summed E-state index contributed by atoms with van der Waals surface area (Å²) in [6.45, 7) is 26.5. The van der Waals surface area contributed by atoms with Crippen LogP contribution in [0.1, 0.15) is 70.9 Å². The summed E-state index contributed by atoms with van der Waals surface area (Å²) in [4.78, 5) is 37.8. The van der Waals surface area contributed by atoms with Crippen LogP contribution < -0.4 is 16.6 Å². The molecule has 248 valence electrons. The second kappa shape index (κ2) is 12.4. The summed E-state index contributed by atoms with van der Waals surface area (Å²) in [6, 6.07) is 6.03. The van der Waals surface area contributed by atoms with Gasteiger partial charge in [0.05, 0.1) is 19.1 Å². The van der Waals surface area contributed by atoms with E-state index in [1.165, 1.54) is 0 Å². The number of anilines is 2. The van der Waals surface area contributed by atoms with Crippen LogP contribution in [-0.4, -0.2) is 60.9 Å². The number of nitrogens with zero attached hydrogens (tertiary/aromatic N) is 3. The highest BCUT2D eigenvalue weighted by molar-refractivity contribution is 6.74. The zero-order valence-electron chi connectivity index (χ0n) is 29.0. The number of fused-ring (bicyclic) bond motifs is 1. The smallest absolute Gasteiger partial charge is 0.280 e. The molecule has 0 unspecified atom stereocenters. The average Bonchev–Trinajstić information content (AvgIpc) is 3.40. The molecule has 1 fully saturated rings. The molecule has 1 aliphatic rings. The van der Waals surface area contributed by atoms with Gasteiger partial charge in [0.2, 0.25) is 17.8 Å². The third-order valence-corrected chi connectivity index (χ3v) is 18.6. The first-order valence-corrected chi connectivity index (χ1v) is 21.5. The van der Waals surface area contributed by atoms with Crippen molar-refractivity contribution in [2.75, 3.05) is 17.7 Å². The Kier molecular flexibility index (Phi) is 9.65. The second-order valence-corrected chi connectivity index (χ2v) is 25.1. The SMILES string of the molecule is Cc1cc(C)cc(CC(=O)Nc2nc3c(=O)[nH]c(N)nc3n2[C@H]2C[C@H](O[Si](C)(C)C(C)(C)C)[C@@H](CO[Si](C)(C)C(C)(C)C)O2)c1. The van der Waals surface area contributed by atoms with Crippen LogP contribution in [0.15, 0.2) is 23.0 Å². The molecule has 0 saturated carbocycles. The van der Waals surface area contributed by atoms with Gasteiger partial charge in [0, 0.05) is 6.42 Å². The van der Waals surface area contributed by atoms with Gasteiger partial charge in [-0.2, -0.15) is 4.98 Å². The Labute approximate surface area is 268 Å². The zero-order valence-corrected chi connectivity index (χ0v) is 31.0. The van der Waals surface area contributed by atoms with Gasteiger partial charge in [-0.05, 0) is 55.7 Å². The first-order chi connectivity index (χ1) is 20.6. The van der Waals surface area contributed by atoms with Gasteiger partial charge in [-0.1, -0.05) is 70.9 Å². The number of carbonyl (C=O) groups is 1. The predicted octanol–water partition coefficient (Wildman–Crippen LogP) is 6.20. The standard InChI is InChI=1S/C32H52N6O5Si2/c1-19-13-20(2)15-21(14-19)16-24(39)34-30-35-26-27(36-29(33)37-28(26)40)38(30)25-17-22(43-45(11,12)32(6,7)8)23(42-25)18-41-44(9,10)31(3,4)5/h13-15,22-23,25H,16-18H2,1-12H3,(H,34,35,39)(H3,33,36,37,40)/t22-,23+,25+/m0/s1. The lowest BCUT2D eigenvalue weighted by Gasteiger charge is -2.40. The number of nitrogens with two attached hydrogens (primary N) is 1. The molecule has 45 heavy (non-hydrogen) atoms. The number of rotatable bonds is 9. The molecule has 1 amide bonds. The van der Waals surface area contributed by atoms with E-state index in [9.17, 15) is 9.59 Å². The van der Waals surface area contributed by atoms with Gasteiger partial charge < -0.3 is 19.3 Å². The quantitative estimate of drug-likeness (QED) is 0.231. The third-order valence-electron chi connectivity index (χ3n) is 9.60. The molecule has 13 heteroatoms. The molecule has 3 atom stereocenters. The van der Waals surface area contributed by atoms with Gasteiger partial charge >= 0.3 is 0 Å². The number of H-pyrrole nitrogens is 1. The van der Waals surface area contributed by atoms with Crippen LogP contribution in [-0.2, 0) is 24.8 Å². The van der Waals surface area contributed by atoms with E-state index in [1.807, 2.05) is 26.0 Å². The number of aromatic amines is 1. The predicted molar refractivity (Wildman–Crippen MR) is 185 cm³/mol. The summed E-state index contributed by atoms with van der Waals surface area (Å²) in [5, 5.41) is 2.94. The highest BCUT2D eigenvalue weighted by Gasteiger charge is 2.47. The normalized spacial score (nSPS) is 19.8. The van der Waals surface area contributed by atoms with Gasteiger partial charge in [-0.3, -0.25) is 24.5 Å². The molecule has 11 nitrogen and oxygen atoms in total. The van der Waals surface area contributed by atoms with Crippen molar-refractivity contribution < 1.29 is 18.4 Å². The number of carbonyl (C=O) groups excluding carboxylic acids is 1. The summed E-state index contributed by atoms with van der Waals surface area (Å²) in [6.07, 6.45) is -0.700. The Bertz CT molecular complexity index is 1600. The minimum absolute atomic E-state index is 0.0196. The monoisotopic (exact) mass is 656 g/mol. The summed E-state index contributed by atoms with van der Waals surface area (Å²) >= 11 is 0. The molecule has 1 aliphatic heterocycles. The van der Waals surface area contributed by atoms with Crippen LogP contribution in [0.25, 0.3) is 11.2 Å². The number of aryl methyl sites for hydroxylation is 2. The summed E-state index contributed by atoms with van der Waals surface area (Å²) in [5.41, 5.74) is 8.83. The molecule has 3 aromatic rings. The lowest BCUT2D eigenvalue weighted by Crippen LogP contribution is -2.48. The third kappa shape index (κ3) is 7.76. The molecule has 1 saturated heterocycles. The minimum atomic E-state index is -2.21. The van der Waals surface area contributed by atoms with Gasteiger partial charge in [0.1, 0.15) is 12.3 Å². The van der Waals surface area contributed by atoms with Crippen LogP contribution in [0.2, 0.25) is 36.3 Å². The van der Waals surface area contributed by atoms with Crippen LogP contribution in [0.3, 0.4) is 0 Å². The van der Waals surface area contributed by atoms with E-state index in [0.29, 0.717) is 13.0 Å². The lowest BCUT2D eigenvalue weighted by molar-refractivity contribution is -0.115. The fraction of sp³-hybridized carbons (Fsp3) is 0.625. The largest absolute Gasteiger partial charge is 0.414 e. The maximum Gasteiger partial charge on any atom is 0.280 e. The Morgan fingerprint density at radius 1 is 1.04 bits per heavy atom. The number of nitrogens with one attached hydrogen (secondary N) is 2. The van der Waals surface area contributed by atoms with Crippen LogP contribution in [0, 0.1) is 13.8 Å². The van der Waals surface area contributed by atoms with Gasteiger partial charge in [0.15, 0.2) is 27.8 Å². The van der Waals surface area contributed by atoms with Crippen molar-refractivity contribution >= 4 is 45.6 Å². The van der Waals surface area contributed by atoms with Crippen molar-refractivity contribution in [1.82, 2.24) is 19.5 Å². The Balaban J connectivity index is 1.72. The average molecular weight is 657 g/mol. The number of hydrogen-bond donors (Lipinski definition) is 3. The molecule has 3 heterocycles. The second-order valence-electron chi connectivity index (χ2n) is 15.5. The van der Waals surface area contributed by atoms with E-state index < -0.39 is 28.4 Å². The molecule has 0 radical (unpaired) electrons. The molecular weight excluding hydrogens is 605 g/mol. The summed E-state index contributed by atoms with van der Waals surface area (Å²) in [7, 11) is -4.31. The molecule has 4 rings (SSSR count). The number of ether oxygens (including phenoxy) is 1. The molecule has 1 aromatic carbocycles. The van der Waals surface area contributed by atoms with E-state index in [2.05, 4.69) is 94.1 Å². The molecule has 0 bridgehead atoms. The maximum absolute atomic E-state index is 13.4. The zero-order chi connectivity index (χ0) is 33.7. The van der Waals surface area contributed by atoms with Crippen molar-refractivity contribution in [1.29, 1.82) is 0 Å².